The van der Waals surface area contributed by atoms with Crippen LogP contribution in [0.15, 0.2) is 0 Å². The lowest BCUT2D eigenvalue weighted by Crippen LogP contribution is -2.49. The van der Waals surface area contributed by atoms with E-state index >= 15 is 0 Å². The van der Waals surface area contributed by atoms with Gasteiger partial charge < -0.3 is 15.5 Å². The maximum atomic E-state index is 11.9. The van der Waals surface area contributed by atoms with Crippen LogP contribution in [0.1, 0.15) is 124 Å². The number of rotatable bonds is 19. The largest absolute Gasteiger partial charge is 0.374 e. The van der Waals surface area contributed by atoms with E-state index in [4.69, 9.17) is 0 Å². The fourth-order valence-corrected chi connectivity index (χ4v) is 3.61. The summed E-state index contributed by atoms with van der Waals surface area (Å²) in [6, 6.07) is -0.411. The van der Waals surface area contributed by atoms with Crippen LogP contribution in [0, 0.1) is 0 Å². The van der Waals surface area contributed by atoms with E-state index < -0.39 is 18.5 Å². The molecule has 0 heterocycles. The minimum absolute atomic E-state index is 0.411. The molecule has 5 heteroatoms. The Labute approximate surface area is 174 Å². The van der Waals surface area contributed by atoms with Crippen molar-refractivity contribution in [2.45, 2.75) is 136 Å². The van der Waals surface area contributed by atoms with Gasteiger partial charge in [-0.1, -0.05) is 103 Å². The first-order chi connectivity index (χ1) is 13.5. The second-order valence-electron chi connectivity index (χ2n) is 8.21. The monoisotopic (exact) mass is 400 g/mol. The summed E-state index contributed by atoms with van der Waals surface area (Å²) in [5.74, 6) is 0. The van der Waals surface area contributed by atoms with E-state index in [1.165, 1.54) is 104 Å². The summed E-state index contributed by atoms with van der Waals surface area (Å²) < 4.78 is 0. The van der Waals surface area contributed by atoms with Gasteiger partial charge in [0.25, 0.3) is 0 Å². The average Bonchev–Trinajstić information content (AvgIpc) is 2.63. The molecule has 0 aliphatic carbocycles. The maximum Gasteiger partial charge on any atom is 0.321 e. The summed E-state index contributed by atoms with van der Waals surface area (Å²) in [7, 11) is 0. The van der Waals surface area contributed by atoms with E-state index in [2.05, 4.69) is 12.2 Å². The van der Waals surface area contributed by atoms with Gasteiger partial charge in [-0.15, -0.1) is 0 Å². The van der Waals surface area contributed by atoms with Crippen LogP contribution in [0.4, 0.5) is 4.79 Å². The highest BCUT2D eigenvalue weighted by atomic mass is 16.3. The molecule has 0 fully saturated rings. The Morgan fingerprint density at radius 2 is 1.00 bits per heavy atom. The number of aliphatic hydroxyl groups excluding tert-OH is 2. The first-order valence-electron chi connectivity index (χ1n) is 11.9. The molecule has 2 unspecified atom stereocenters. The Balaban J connectivity index is 3.31. The third-order valence-electron chi connectivity index (χ3n) is 5.35. The molecule has 0 rings (SSSR count). The van der Waals surface area contributed by atoms with Crippen molar-refractivity contribution in [3.8, 4) is 0 Å². The molecule has 168 valence electrons. The number of aliphatic hydroxyl groups is 2. The number of hydrogen-bond donors (Lipinski definition) is 3. The maximum absolute atomic E-state index is 11.9. The van der Waals surface area contributed by atoms with Gasteiger partial charge in [-0.25, -0.2) is 4.79 Å². The second-order valence-corrected chi connectivity index (χ2v) is 8.21. The summed E-state index contributed by atoms with van der Waals surface area (Å²) in [6.45, 7) is 5.81. The molecule has 0 saturated heterocycles. The zero-order chi connectivity index (χ0) is 21.0. The highest BCUT2D eigenvalue weighted by molar-refractivity contribution is 5.74. The Morgan fingerprint density at radius 1 is 0.679 bits per heavy atom. The number of unbranched alkanes of at least 4 members (excludes halogenated alkanes) is 15. The number of nitrogens with one attached hydrogen (secondary N) is 1. The normalized spacial score (nSPS) is 13.3. The van der Waals surface area contributed by atoms with E-state index in [0.717, 1.165) is 17.7 Å². The molecular weight excluding hydrogens is 352 g/mol. The molecule has 0 aliphatic heterocycles. The van der Waals surface area contributed by atoms with Crippen molar-refractivity contribution in [3.63, 3.8) is 0 Å². The van der Waals surface area contributed by atoms with Crippen molar-refractivity contribution >= 4 is 6.03 Å². The van der Waals surface area contributed by atoms with Crippen LogP contribution in [0.3, 0.4) is 0 Å². The van der Waals surface area contributed by atoms with Crippen LogP contribution >= 0.6 is 0 Å². The Hall–Kier alpha value is -0.810. The number of carbonyl (C=O) groups is 1. The second kappa shape index (κ2) is 19.5. The molecule has 3 N–H and O–H groups in total. The molecule has 2 atom stereocenters. The third-order valence-corrected chi connectivity index (χ3v) is 5.35. The van der Waals surface area contributed by atoms with E-state index in [9.17, 15) is 15.0 Å². The number of carbonyl (C=O) groups excluding carboxylic acids is 1. The van der Waals surface area contributed by atoms with E-state index in [0.29, 0.717) is 6.54 Å². The summed E-state index contributed by atoms with van der Waals surface area (Å²) >= 11 is 0. The van der Waals surface area contributed by atoms with Gasteiger partial charge in [0.05, 0.1) is 0 Å². The van der Waals surface area contributed by atoms with Gasteiger partial charge >= 0.3 is 6.03 Å². The van der Waals surface area contributed by atoms with Crippen molar-refractivity contribution in [1.29, 1.82) is 0 Å². The van der Waals surface area contributed by atoms with Crippen LogP contribution in [-0.2, 0) is 0 Å². The molecule has 0 saturated carbocycles. The summed E-state index contributed by atoms with van der Waals surface area (Å²) in [6.07, 6.45) is 19.3. The Bertz CT molecular complexity index is 341. The smallest absolute Gasteiger partial charge is 0.321 e. The first kappa shape index (κ1) is 27.2. The molecule has 0 bridgehead atoms. The zero-order valence-electron chi connectivity index (χ0n) is 18.9. The van der Waals surface area contributed by atoms with Crippen molar-refractivity contribution in [2.75, 3.05) is 6.54 Å². The lowest BCUT2D eigenvalue weighted by atomic mass is 10.0. The topological polar surface area (TPSA) is 72.8 Å². The minimum atomic E-state index is -0.995. The van der Waals surface area contributed by atoms with Gasteiger partial charge in [0.15, 0.2) is 0 Å². The van der Waals surface area contributed by atoms with Gasteiger partial charge in [-0.2, -0.15) is 0 Å². The fraction of sp³-hybridized carbons (Fsp3) is 0.957. The van der Waals surface area contributed by atoms with Gasteiger partial charge in [0, 0.05) is 6.54 Å². The van der Waals surface area contributed by atoms with Crippen molar-refractivity contribution in [1.82, 2.24) is 10.2 Å². The van der Waals surface area contributed by atoms with Crippen molar-refractivity contribution in [3.05, 3.63) is 0 Å². The standard InChI is InChI=1S/C23H48N2O3/c1-4-5-6-7-8-9-10-11-12-13-14-15-16-17-18-19-20-24-23(28)25(21(2)26)22(3)27/h21-22,26-27H,4-20H2,1-3H3,(H,24,28). The van der Waals surface area contributed by atoms with E-state index in [1.54, 1.807) is 0 Å². The van der Waals surface area contributed by atoms with Crippen LogP contribution in [0.25, 0.3) is 0 Å². The average molecular weight is 401 g/mol. The van der Waals surface area contributed by atoms with Gasteiger partial charge in [0.2, 0.25) is 0 Å². The van der Waals surface area contributed by atoms with E-state index in [1.807, 2.05) is 0 Å². The first-order valence-corrected chi connectivity index (χ1v) is 11.9. The third kappa shape index (κ3) is 16.2. The molecule has 0 aromatic carbocycles. The Morgan fingerprint density at radius 3 is 1.32 bits per heavy atom. The predicted molar refractivity (Wildman–Crippen MR) is 118 cm³/mol. The summed E-state index contributed by atoms with van der Waals surface area (Å²) in [5.41, 5.74) is 0. The number of nitrogens with zero attached hydrogens (tertiary/aromatic N) is 1. The van der Waals surface area contributed by atoms with Gasteiger partial charge in [-0.3, -0.25) is 4.90 Å². The zero-order valence-corrected chi connectivity index (χ0v) is 18.9. The van der Waals surface area contributed by atoms with Crippen LogP contribution in [0.5, 0.6) is 0 Å². The highest BCUT2D eigenvalue weighted by Crippen LogP contribution is 2.13. The number of hydrogen-bond acceptors (Lipinski definition) is 3. The predicted octanol–water partition coefficient (Wildman–Crippen LogP) is 5.94. The molecule has 28 heavy (non-hydrogen) atoms. The molecule has 5 nitrogen and oxygen atoms in total. The molecule has 0 aromatic heterocycles. The molecular formula is C23H48N2O3. The van der Waals surface area contributed by atoms with Gasteiger partial charge in [0.1, 0.15) is 12.5 Å². The quantitative estimate of drug-likeness (QED) is 0.186. The summed E-state index contributed by atoms with van der Waals surface area (Å²) in [5, 5.41) is 21.8. The molecule has 0 aliphatic rings. The lowest BCUT2D eigenvalue weighted by Gasteiger charge is -2.28. The molecule has 0 spiro atoms. The van der Waals surface area contributed by atoms with Crippen LogP contribution in [0.2, 0.25) is 0 Å². The Kier molecular flexibility index (Phi) is 18.9. The molecule has 0 radical (unpaired) electrons. The van der Waals surface area contributed by atoms with Crippen molar-refractivity contribution < 1.29 is 15.0 Å². The van der Waals surface area contributed by atoms with E-state index in [-0.39, 0.29) is 0 Å². The highest BCUT2D eigenvalue weighted by Gasteiger charge is 2.21. The molecule has 2 amide bonds. The van der Waals surface area contributed by atoms with Crippen LogP contribution < -0.4 is 5.32 Å². The van der Waals surface area contributed by atoms with Crippen molar-refractivity contribution in [2.24, 2.45) is 0 Å². The van der Waals surface area contributed by atoms with Gasteiger partial charge in [-0.05, 0) is 20.3 Å². The minimum Gasteiger partial charge on any atom is -0.374 e. The summed E-state index contributed by atoms with van der Waals surface area (Å²) in [4.78, 5) is 12.9. The number of amides is 2. The van der Waals surface area contributed by atoms with Crippen LogP contribution in [-0.4, -0.2) is 40.1 Å². The number of urea groups is 1. The fourth-order valence-electron chi connectivity index (χ4n) is 3.61. The lowest BCUT2D eigenvalue weighted by molar-refractivity contribution is -0.0515. The molecule has 0 aromatic rings. The SMILES string of the molecule is CCCCCCCCCCCCCCCCCCNC(=O)N(C(C)O)C(C)O.